The summed E-state index contributed by atoms with van der Waals surface area (Å²) in [6.45, 7) is 3.82. The van der Waals surface area contributed by atoms with Gasteiger partial charge in [-0.3, -0.25) is 9.36 Å². The third kappa shape index (κ3) is 4.17. The van der Waals surface area contributed by atoms with Gasteiger partial charge in [-0.05, 0) is 61.4 Å². The molecule has 2 aliphatic heterocycles. The second-order valence-electron chi connectivity index (χ2n) is 7.80. The van der Waals surface area contributed by atoms with Crippen LogP contribution in [-0.4, -0.2) is 31.0 Å². The molecule has 35 heavy (non-hydrogen) atoms. The molecule has 10 heteroatoms. The normalized spacial score (nSPS) is 16.7. The summed E-state index contributed by atoms with van der Waals surface area (Å²) in [6.07, 6.45) is 1.79. The lowest BCUT2D eigenvalue weighted by Gasteiger charge is -2.24. The van der Waals surface area contributed by atoms with E-state index in [1.165, 1.54) is 11.3 Å². The lowest BCUT2D eigenvalue weighted by Crippen LogP contribution is -2.39. The first-order chi connectivity index (χ1) is 16.9. The lowest BCUT2D eigenvalue weighted by molar-refractivity contribution is -0.139. The van der Waals surface area contributed by atoms with Crippen molar-refractivity contribution in [1.29, 1.82) is 0 Å². The van der Waals surface area contributed by atoms with E-state index in [0.29, 0.717) is 43.4 Å². The van der Waals surface area contributed by atoms with E-state index < -0.39 is 12.0 Å². The zero-order valence-corrected chi connectivity index (χ0v) is 21.6. The standard InChI is InChI=1S/C25H21BrN2O6S/c1-4-32-24(30)21-13(2)27-25-28(22(21)14-5-8-18-19(10-14)34-12-33-18)23(29)20(35-25)11-15-9-16(31-3)6-7-17(15)26/h5-11,22H,4,12H2,1-3H3/b20-11-/t22-/m1/s1. The molecular weight excluding hydrogens is 536 g/mol. The average molecular weight is 557 g/mol. The van der Waals surface area contributed by atoms with Gasteiger partial charge in [-0.1, -0.05) is 33.3 Å². The van der Waals surface area contributed by atoms with Gasteiger partial charge in [0.05, 0.1) is 35.6 Å². The predicted octanol–water partition coefficient (Wildman–Crippen LogP) is 3.30. The van der Waals surface area contributed by atoms with Gasteiger partial charge in [-0.2, -0.15) is 0 Å². The Kier molecular flexibility index (Phi) is 6.24. The summed E-state index contributed by atoms with van der Waals surface area (Å²) >= 11 is 4.79. The molecule has 1 aromatic heterocycles. The molecule has 0 saturated carbocycles. The quantitative estimate of drug-likeness (QED) is 0.448. The van der Waals surface area contributed by atoms with Crippen molar-refractivity contribution in [2.75, 3.05) is 20.5 Å². The highest BCUT2D eigenvalue weighted by Gasteiger charge is 2.34. The topological polar surface area (TPSA) is 88.4 Å². The fourth-order valence-electron chi connectivity index (χ4n) is 4.09. The molecule has 0 radical (unpaired) electrons. The number of carbonyl (C=O) groups excluding carboxylic acids is 1. The van der Waals surface area contributed by atoms with Gasteiger partial charge < -0.3 is 18.9 Å². The highest BCUT2D eigenvalue weighted by Crippen LogP contribution is 2.38. The van der Waals surface area contributed by atoms with Gasteiger partial charge >= 0.3 is 5.97 Å². The lowest BCUT2D eigenvalue weighted by atomic mass is 9.95. The van der Waals surface area contributed by atoms with Crippen molar-refractivity contribution in [1.82, 2.24) is 4.57 Å². The molecule has 3 heterocycles. The number of aromatic nitrogens is 1. The second kappa shape index (κ2) is 9.35. The van der Waals surface area contributed by atoms with Gasteiger partial charge in [0.2, 0.25) is 6.79 Å². The first kappa shape index (κ1) is 23.4. The van der Waals surface area contributed by atoms with E-state index in [4.69, 9.17) is 18.9 Å². The van der Waals surface area contributed by atoms with E-state index >= 15 is 0 Å². The van der Waals surface area contributed by atoms with Crippen molar-refractivity contribution in [3.05, 3.63) is 83.0 Å². The summed E-state index contributed by atoms with van der Waals surface area (Å²) in [5.41, 5.74) is 2.03. The molecule has 5 rings (SSSR count). The minimum absolute atomic E-state index is 0.122. The summed E-state index contributed by atoms with van der Waals surface area (Å²) < 4.78 is 24.5. The molecular formula is C25H21BrN2O6S. The van der Waals surface area contributed by atoms with Crippen LogP contribution in [0.5, 0.6) is 17.2 Å². The maximum absolute atomic E-state index is 13.7. The number of methoxy groups -OCH3 is 1. The Morgan fingerprint density at radius 2 is 2.06 bits per heavy atom. The van der Waals surface area contributed by atoms with E-state index in [0.717, 1.165) is 10.0 Å². The number of ether oxygens (including phenoxy) is 4. The Bertz CT molecular complexity index is 1550. The molecule has 0 bridgehead atoms. The Balaban J connectivity index is 1.73. The van der Waals surface area contributed by atoms with E-state index in [1.807, 2.05) is 24.3 Å². The Labute approximate surface area is 212 Å². The minimum Gasteiger partial charge on any atom is -0.497 e. The van der Waals surface area contributed by atoms with Crippen LogP contribution >= 0.6 is 27.3 Å². The molecule has 180 valence electrons. The maximum Gasteiger partial charge on any atom is 0.338 e. The zero-order valence-electron chi connectivity index (χ0n) is 19.2. The number of thiazole rings is 1. The third-order valence-electron chi connectivity index (χ3n) is 5.72. The first-order valence-corrected chi connectivity index (χ1v) is 12.4. The molecule has 2 aliphatic rings. The van der Waals surface area contributed by atoms with Gasteiger partial charge in [0.15, 0.2) is 16.3 Å². The largest absolute Gasteiger partial charge is 0.497 e. The van der Waals surface area contributed by atoms with Crippen molar-refractivity contribution < 1.29 is 23.7 Å². The summed E-state index contributed by atoms with van der Waals surface area (Å²) in [7, 11) is 1.59. The Morgan fingerprint density at radius 1 is 1.26 bits per heavy atom. The van der Waals surface area contributed by atoms with Crippen LogP contribution in [0.15, 0.2) is 61.9 Å². The number of esters is 1. The minimum atomic E-state index is -0.726. The molecule has 0 spiro atoms. The van der Waals surface area contributed by atoms with Gasteiger partial charge in [-0.15, -0.1) is 0 Å². The highest BCUT2D eigenvalue weighted by atomic mass is 79.9. The summed E-state index contributed by atoms with van der Waals surface area (Å²) in [5, 5.41) is 0. The number of rotatable bonds is 5. The predicted molar refractivity (Wildman–Crippen MR) is 134 cm³/mol. The number of halogens is 1. The molecule has 1 atom stereocenters. The monoisotopic (exact) mass is 556 g/mol. The molecule has 0 fully saturated rings. The van der Waals surface area contributed by atoms with Crippen molar-refractivity contribution >= 4 is 39.3 Å². The van der Waals surface area contributed by atoms with E-state index in [1.54, 1.807) is 43.7 Å². The van der Waals surface area contributed by atoms with Crippen LogP contribution in [0.2, 0.25) is 0 Å². The first-order valence-electron chi connectivity index (χ1n) is 10.8. The van der Waals surface area contributed by atoms with E-state index in [-0.39, 0.29) is 19.0 Å². The van der Waals surface area contributed by atoms with E-state index in [9.17, 15) is 9.59 Å². The maximum atomic E-state index is 13.7. The van der Waals surface area contributed by atoms with Crippen LogP contribution in [0.3, 0.4) is 0 Å². The van der Waals surface area contributed by atoms with Crippen LogP contribution in [-0.2, 0) is 9.53 Å². The number of allylic oxidation sites excluding steroid dienone is 1. The fraction of sp³-hybridized carbons (Fsp3) is 0.240. The van der Waals surface area contributed by atoms with Crippen molar-refractivity contribution in [3.8, 4) is 17.2 Å². The van der Waals surface area contributed by atoms with Crippen LogP contribution < -0.4 is 29.1 Å². The van der Waals surface area contributed by atoms with Gasteiger partial charge in [0.1, 0.15) is 5.75 Å². The Morgan fingerprint density at radius 3 is 2.83 bits per heavy atom. The summed E-state index contributed by atoms with van der Waals surface area (Å²) in [5.74, 6) is 1.33. The molecule has 0 unspecified atom stereocenters. The van der Waals surface area contributed by atoms with Gasteiger partial charge in [-0.25, -0.2) is 9.79 Å². The van der Waals surface area contributed by atoms with Gasteiger partial charge in [0.25, 0.3) is 5.56 Å². The molecule has 8 nitrogen and oxygen atoms in total. The molecule has 0 aliphatic carbocycles. The van der Waals surface area contributed by atoms with Crippen LogP contribution in [0.25, 0.3) is 6.08 Å². The summed E-state index contributed by atoms with van der Waals surface area (Å²) in [4.78, 5) is 31.9. The molecule has 0 N–H and O–H groups in total. The smallest absolute Gasteiger partial charge is 0.338 e. The second-order valence-corrected chi connectivity index (χ2v) is 9.67. The fourth-order valence-corrected chi connectivity index (χ4v) is 5.49. The summed E-state index contributed by atoms with van der Waals surface area (Å²) in [6, 6.07) is 10.2. The van der Waals surface area contributed by atoms with Gasteiger partial charge in [0, 0.05) is 4.47 Å². The number of fused-ring (bicyclic) bond motifs is 2. The third-order valence-corrected chi connectivity index (χ3v) is 7.42. The van der Waals surface area contributed by atoms with Crippen LogP contribution in [0, 0.1) is 0 Å². The average Bonchev–Trinajstić information content (AvgIpc) is 3.43. The van der Waals surface area contributed by atoms with Crippen LogP contribution in [0.4, 0.5) is 0 Å². The van der Waals surface area contributed by atoms with E-state index in [2.05, 4.69) is 20.9 Å². The SMILES string of the molecule is CCOC(=O)C1=C(C)N=c2s/c(=C\c3cc(OC)ccc3Br)c(=O)n2[C@@H]1c1ccc2c(c1)OCO2. The molecule has 0 amide bonds. The number of hydrogen-bond donors (Lipinski definition) is 0. The van der Waals surface area contributed by atoms with Crippen molar-refractivity contribution in [2.24, 2.45) is 4.99 Å². The molecule has 2 aromatic carbocycles. The number of benzene rings is 2. The number of nitrogens with zero attached hydrogens (tertiary/aromatic N) is 2. The molecule has 3 aromatic rings. The van der Waals surface area contributed by atoms with Crippen molar-refractivity contribution in [3.63, 3.8) is 0 Å². The zero-order chi connectivity index (χ0) is 24.7. The highest BCUT2D eigenvalue weighted by molar-refractivity contribution is 9.10. The Hall–Kier alpha value is -3.37. The number of hydrogen-bond acceptors (Lipinski definition) is 8. The number of carbonyl (C=O) groups is 1. The van der Waals surface area contributed by atoms with Crippen molar-refractivity contribution in [2.45, 2.75) is 19.9 Å². The van der Waals surface area contributed by atoms with Crippen LogP contribution in [0.1, 0.15) is 31.0 Å². The molecule has 0 saturated heterocycles.